The van der Waals surface area contributed by atoms with Gasteiger partial charge in [-0.05, 0) is 0 Å². The molecule has 0 rings (SSSR count). The fourth-order valence-corrected chi connectivity index (χ4v) is 0.983. The molecule has 0 saturated heterocycles. The number of allylic oxidation sites excluding steroid dienone is 1. The van der Waals surface area contributed by atoms with E-state index in [1.165, 1.54) is 0 Å². The average Bonchev–Trinajstić information content (AvgIpc) is 2.09. The van der Waals surface area contributed by atoms with Gasteiger partial charge >= 0.3 is 6.18 Å². The number of carboxylic acid groups (broad SMARTS) is 1. The number of rotatable bonds is 4. The molecule has 0 aromatic heterocycles. The predicted molar refractivity (Wildman–Crippen MR) is 42.8 cm³/mol. The van der Waals surface area contributed by atoms with Crippen LogP contribution in [0.4, 0.5) is 22.0 Å². The van der Waals surface area contributed by atoms with Crippen molar-refractivity contribution in [1.29, 1.82) is 0 Å². The third-order valence-electron chi connectivity index (χ3n) is 1.63. The summed E-state index contributed by atoms with van der Waals surface area (Å²) in [5, 5.41) is 10.4. The van der Waals surface area contributed by atoms with Crippen LogP contribution in [0.1, 0.15) is 0 Å². The normalized spacial score (nSPS) is 13.4. The number of Topliss-reactive ketones (excluding diaryl/α,β-unsaturated/α-hetero) is 1. The second-order valence-electron chi connectivity index (χ2n) is 3.07. The Labute approximate surface area is 92.3 Å². The highest BCUT2D eigenvalue weighted by Crippen LogP contribution is 2.25. The van der Waals surface area contributed by atoms with Crippen molar-refractivity contribution < 1.29 is 36.6 Å². The Morgan fingerprint density at radius 2 is 1.59 bits per heavy atom. The molecule has 0 radical (unpaired) electrons. The third kappa shape index (κ3) is 3.68. The number of carbonyl (C=O) groups is 2. The quantitative estimate of drug-likeness (QED) is 0.308. The van der Waals surface area contributed by atoms with E-state index in [9.17, 15) is 36.6 Å². The molecule has 17 heavy (non-hydrogen) atoms. The van der Waals surface area contributed by atoms with Gasteiger partial charge in [-0.3, -0.25) is 4.79 Å². The minimum atomic E-state index is -5.56. The molecule has 0 saturated carbocycles. The van der Waals surface area contributed by atoms with Crippen molar-refractivity contribution in [2.45, 2.75) is 12.6 Å². The number of alkyl halides is 5. The Hall–Kier alpha value is -1.67. The maximum atomic E-state index is 12.4. The summed E-state index contributed by atoms with van der Waals surface area (Å²) in [6, 6.07) is 0. The van der Waals surface area contributed by atoms with Crippen LogP contribution in [0.25, 0.3) is 0 Å². The van der Waals surface area contributed by atoms with Crippen LogP contribution in [0.3, 0.4) is 0 Å². The van der Waals surface area contributed by atoms with Crippen LogP contribution >= 0.6 is 0 Å². The molecule has 0 aliphatic carbocycles. The van der Waals surface area contributed by atoms with E-state index in [1.54, 1.807) is 0 Å². The number of nitrogens with zero attached hydrogens (tertiary/aromatic N) is 1. The monoisotopic (exact) mass is 260 g/mol. The van der Waals surface area contributed by atoms with E-state index in [4.69, 9.17) is 0 Å². The molecule has 4 nitrogen and oxygen atoms in total. The number of carboxylic acids is 1. The Balaban J connectivity index is 5.88. The largest absolute Gasteiger partial charge is 0.545 e. The zero-order valence-electron chi connectivity index (χ0n) is 8.64. The highest BCUT2D eigenvalue weighted by atomic mass is 19.4. The zero-order valence-corrected chi connectivity index (χ0v) is 8.64. The fraction of sp³-hybridized carbons (Fsp3) is 0.500. The van der Waals surface area contributed by atoms with Crippen molar-refractivity contribution in [3.05, 3.63) is 11.3 Å². The van der Waals surface area contributed by atoms with Gasteiger partial charge in [-0.25, -0.2) is 8.78 Å². The van der Waals surface area contributed by atoms with Gasteiger partial charge in [0, 0.05) is 14.1 Å². The molecule has 0 aliphatic heterocycles. The Morgan fingerprint density at radius 1 is 1.18 bits per heavy atom. The molecule has 0 heterocycles. The van der Waals surface area contributed by atoms with Crippen LogP contribution in [0, 0.1) is 0 Å². The summed E-state index contributed by atoms with van der Waals surface area (Å²) >= 11 is 0. The fourth-order valence-electron chi connectivity index (χ4n) is 0.983. The molecule has 9 heteroatoms. The first-order valence-corrected chi connectivity index (χ1v) is 4.02. The summed E-state index contributed by atoms with van der Waals surface area (Å²) < 4.78 is 60.8. The van der Waals surface area contributed by atoms with Crippen molar-refractivity contribution in [3.63, 3.8) is 0 Å². The maximum Gasteiger partial charge on any atom is 0.455 e. The van der Waals surface area contributed by atoms with E-state index in [-0.39, 0.29) is 0 Å². The molecule has 0 aromatic carbocycles. The average molecular weight is 260 g/mol. The van der Waals surface area contributed by atoms with Crippen molar-refractivity contribution >= 4 is 11.8 Å². The molecule has 0 aromatic rings. The molecule has 0 aliphatic rings. The second kappa shape index (κ2) is 5.11. The van der Waals surface area contributed by atoms with E-state index in [1.807, 2.05) is 0 Å². The van der Waals surface area contributed by atoms with E-state index in [0.717, 1.165) is 14.1 Å². The maximum absolute atomic E-state index is 12.4. The first-order chi connectivity index (χ1) is 7.50. The van der Waals surface area contributed by atoms with Crippen molar-refractivity contribution in [2.75, 3.05) is 14.1 Å². The van der Waals surface area contributed by atoms with Crippen LogP contribution in [0.5, 0.6) is 0 Å². The SMILES string of the molecule is CN(C)C(=C(C(=O)[O-])C(=O)C(F)(F)F)C(F)F. The second-order valence-corrected chi connectivity index (χ2v) is 3.07. The first-order valence-electron chi connectivity index (χ1n) is 4.02. The van der Waals surface area contributed by atoms with Gasteiger partial charge in [-0.2, -0.15) is 13.2 Å². The van der Waals surface area contributed by atoms with E-state index in [0.29, 0.717) is 4.90 Å². The minimum absolute atomic E-state index is 0.416. The molecule has 0 bridgehead atoms. The summed E-state index contributed by atoms with van der Waals surface area (Å²) in [6.45, 7) is 0. The standard InChI is InChI=1S/C8H8F5NO3/c1-14(2)4(6(9)10)3(7(16)17)5(15)8(11,12)13/h6H,1-2H3,(H,16,17)/p-1. The summed E-state index contributed by atoms with van der Waals surface area (Å²) in [6.07, 6.45) is -9.12. The smallest absolute Gasteiger partial charge is 0.455 e. The summed E-state index contributed by atoms with van der Waals surface area (Å²) in [5.41, 5.74) is -3.63. The Bertz CT molecular complexity index is 349. The van der Waals surface area contributed by atoms with Gasteiger partial charge in [-0.15, -0.1) is 0 Å². The number of hydrogen-bond donors (Lipinski definition) is 0. The van der Waals surface area contributed by atoms with Gasteiger partial charge < -0.3 is 14.8 Å². The van der Waals surface area contributed by atoms with Crippen LogP contribution in [-0.4, -0.2) is 43.3 Å². The molecule has 0 spiro atoms. The topological polar surface area (TPSA) is 60.4 Å². The number of ketones is 1. The van der Waals surface area contributed by atoms with Crippen molar-refractivity contribution in [1.82, 2.24) is 4.90 Å². The van der Waals surface area contributed by atoms with E-state index in [2.05, 4.69) is 0 Å². The van der Waals surface area contributed by atoms with Gasteiger partial charge in [0.2, 0.25) is 0 Å². The van der Waals surface area contributed by atoms with Crippen molar-refractivity contribution in [2.24, 2.45) is 0 Å². The summed E-state index contributed by atoms with van der Waals surface area (Å²) in [7, 11) is 1.77. The molecule has 0 atom stereocenters. The first kappa shape index (κ1) is 15.3. The molecular weight excluding hydrogens is 253 g/mol. The predicted octanol–water partition coefficient (Wildman–Crippen LogP) is -0.0515. The summed E-state index contributed by atoms with van der Waals surface area (Å²) in [4.78, 5) is 21.5. The highest BCUT2D eigenvalue weighted by molar-refractivity contribution is 6.18. The zero-order chi connectivity index (χ0) is 14.0. The molecule has 0 amide bonds. The van der Waals surface area contributed by atoms with Crippen molar-refractivity contribution in [3.8, 4) is 0 Å². The molecule has 0 N–H and O–H groups in total. The number of halogens is 5. The third-order valence-corrected chi connectivity index (χ3v) is 1.63. The number of aliphatic carboxylic acids is 1. The van der Waals surface area contributed by atoms with E-state index < -0.39 is 35.6 Å². The van der Waals surface area contributed by atoms with Gasteiger partial charge in [0.15, 0.2) is 0 Å². The van der Waals surface area contributed by atoms with Crippen LogP contribution in [0.2, 0.25) is 0 Å². The lowest BCUT2D eigenvalue weighted by Gasteiger charge is -2.22. The van der Waals surface area contributed by atoms with Crippen LogP contribution < -0.4 is 5.11 Å². The minimum Gasteiger partial charge on any atom is -0.545 e. The van der Waals surface area contributed by atoms with Gasteiger partial charge in [0.25, 0.3) is 12.2 Å². The molecule has 0 unspecified atom stereocenters. The van der Waals surface area contributed by atoms with Crippen LogP contribution in [-0.2, 0) is 9.59 Å². The van der Waals surface area contributed by atoms with E-state index >= 15 is 0 Å². The molecular formula is C8H7F5NO3-. The lowest BCUT2D eigenvalue weighted by molar-refractivity contribution is -0.299. The molecule has 98 valence electrons. The molecule has 0 fully saturated rings. The van der Waals surface area contributed by atoms with Gasteiger partial charge in [0.05, 0.1) is 17.2 Å². The van der Waals surface area contributed by atoms with Gasteiger partial charge in [-0.1, -0.05) is 0 Å². The van der Waals surface area contributed by atoms with Crippen LogP contribution in [0.15, 0.2) is 11.3 Å². The van der Waals surface area contributed by atoms with Gasteiger partial charge in [0.1, 0.15) is 0 Å². The lowest BCUT2D eigenvalue weighted by Crippen LogP contribution is -2.39. The Kier molecular flexibility index (Phi) is 4.60. The number of hydrogen-bond acceptors (Lipinski definition) is 4. The highest BCUT2D eigenvalue weighted by Gasteiger charge is 2.43. The Morgan fingerprint density at radius 3 is 1.76 bits per heavy atom. The number of carbonyl (C=O) groups excluding carboxylic acids is 2. The lowest BCUT2D eigenvalue weighted by atomic mass is 10.1. The summed E-state index contributed by atoms with van der Waals surface area (Å²) in [5.74, 6) is -5.47.